The van der Waals surface area contributed by atoms with Gasteiger partial charge in [0.2, 0.25) is 5.79 Å². The lowest BCUT2D eigenvalue weighted by Gasteiger charge is -2.27. The Morgan fingerprint density at radius 2 is 2.24 bits per heavy atom. The van der Waals surface area contributed by atoms with E-state index in [2.05, 4.69) is 15.9 Å². The molecular formula is C11H11BrCl2O3. The number of hydrogen-bond acceptors (Lipinski definition) is 3. The highest BCUT2D eigenvalue weighted by atomic mass is 79.9. The third kappa shape index (κ3) is 2.62. The molecule has 1 aliphatic rings. The number of alkyl halides is 1. The standard InChI is InChI=1S/C11H11BrCl2O3/c12-6-11(16-5-8(4-15)17-11)9-2-1-7(13)3-10(9)14/h1-3,8,15H,4-6H2. The fraction of sp³-hybridized carbons (Fsp3) is 0.455. The predicted molar refractivity (Wildman–Crippen MR) is 69.8 cm³/mol. The van der Waals surface area contributed by atoms with Crippen molar-refractivity contribution in [3.8, 4) is 0 Å². The fourth-order valence-corrected chi connectivity index (χ4v) is 2.89. The van der Waals surface area contributed by atoms with Gasteiger partial charge in [-0.05, 0) is 12.1 Å². The van der Waals surface area contributed by atoms with Gasteiger partial charge in [-0.15, -0.1) is 0 Å². The second kappa shape index (κ2) is 5.43. The molecule has 2 rings (SSSR count). The molecule has 1 saturated heterocycles. The van der Waals surface area contributed by atoms with Crippen LogP contribution < -0.4 is 0 Å². The summed E-state index contributed by atoms with van der Waals surface area (Å²) in [7, 11) is 0. The molecule has 94 valence electrons. The average Bonchev–Trinajstić information content (AvgIpc) is 2.74. The molecule has 0 radical (unpaired) electrons. The summed E-state index contributed by atoms with van der Waals surface area (Å²) in [4.78, 5) is 0. The molecule has 1 aromatic rings. The SMILES string of the molecule is OCC1COC(CBr)(c2ccc(Cl)cc2Cl)O1. The van der Waals surface area contributed by atoms with Gasteiger partial charge in [0.05, 0.1) is 23.6 Å². The minimum Gasteiger partial charge on any atom is -0.394 e. The summed E-state index contributed by atoms with van der Waals surface area (Å²) in [6, 6.07) is 5.14. The average molecular weight is 342 g/mol. The van der Waals surface area contributed by atoms with Crippen LogP contribution in [-0.2, 0) is 15.3 Å². The maximum atomic E-state index is 9.08. The number of benzene rings is 1. The lowest BCUT2D eigenvalue weighted by atomic mass is 10.1. The van der Waals surface area contributed by atoms with Crippen LogP contribution in [0, 0.1) is 0 Å². The van der Waals surface area contributed by atoms with Gasteiger partial charge in [0.25, 0.3) is 0 Å². The molecule has 0 bridgehead atoms. The first-order chi connectivity index (χ1) is 8.11. The van der Waals surface area contributed by atoms with Crippen molar-refractivity contribution < 1.29 is 14.6 Å². The van der Waals surface area contributed by atoms with E-state index in [1.807, 2.05) is 0 Å². The van der Waals surface area contributed by atoms with E-state index in [0.29, 0.717) is 27.5 Å². The van der Waals surface area contributed by atoms with E-state index in [1.54, 1.807) is 18.2 Å². The van der Waals surface area contributed by atoms with Crippen molar-refractivity contribution in [3.63, 3.8) is 0 Å². The smallest absolute Gasteiger partial charge is 0.206 e. The molecule has 0 aliphatic carbocycles. The van der Waals surface area contributed by atoms with Crippen molar-refractivity contribution in [2.24, 2.45) is 0 Å². The molecule has 0 aromatic heterocycles. The summed E-state index contributed by atoms with van der Waals surface area (Å²) in [6.07, 6.45) is -0.334. The highest BCUT2D eigenvalue weighted by molar-refractivity contribution is 9.09. The van der Waals surface area contributed by atoms with Gasteiger partial charge in [-0.3, -0.25) is 0 Å². The fourth-order valence-electron chi connectivity index (χ4n) is 1.74. The Hall–Kier alpha value is 0.160. The quantitative estimate of drug-likeness (QED) is 0.859. The molecule has 6 heteroatoms. The van der Waals surface area contributed by atoms with Crippen LogP contribution in [0.1, 0.15) is 5.56 Å². The first-order valence-electron chi connectivity index (χ1n) is 5.05. The third-order valence-corrected chi connectivity index (χ3v) is 3.87. The maximum Gasteiger partial charge on any atom is 0.206 e. The third-order valence-electron chi connectivity index (χ3n) is 2.58. The number of halogens is 3. The van der Waals surface area contributed by atoms with Crippen LogP contribution in [0.2, 0.25) is 10.0 Å². The van der Waals surface area contributed by atoms with Crippen molar-refractivity contribution in [1.82, 2.24) is 0 Å². The lowest BCUT2D eigenvalue weighted by molar-refractivity contribution is -0.160. The molecule has 17 heavy (non-hydrogen) atoms. The van der Waals surface area contributed by atoms with E-state index in [9.17, 15) is 0 Å². The van der Waals surface area contributed by atoms with Gasteiger partial charge in [-0.25, -0.2) is 0 Å². The molecule has 3 nitrogen and oxygen atoms in total. The molecule has 1 heterocycles. The second-order valence-electron chi connectivity index (χ2n) is 3.74. The molecule has 0 saturated carbocycles. The summed E-state index contributed by atoms with van der Waals surface area (Å²) in [5.41, 5.74) is 0.705. The van der Waals surface area contributed by atoms with Gasteiger partial charge in [0.15, 0.2) is 0 Å². The van der Waals surface area contributed by atoms with Gasteiger partial charge in [0, 0.05) is 10.6 Å². The van der Waals surface area contributed by atoms with Crippen molar-refractivity contribution in [2.45, 2.75) is 11.9 Å². The van der Waals surface area contributed by atoms with E-state index in [0.717, 1.165) is 0 Å². The molecule has 0 amide bonds. The largest absolute Gasteiger partial charge is 0.394 e. The number of aliphatic hydroxyl groups is 1. The Labute approximate surface area is 118 Å². The topological polar surface area (TPSA) is 38.7 Å². The highest BCUT2D eigenvalue weighted by Gasteiger charge is 2.43. The van der Waals surface area contributed by atoms with Gasteiger partial charge in [-0.1, -0.05) is 45.2 Å². The zero-order valence-corrected chi connectivity index (χ0v) is 11.9. The van der Waals surface area contributed by atoms with Crippen molar-refractivity contribution in [3.05, 3.63) is 33.8 Å². The summed E-state index contributed by atoms with van der Waals surface area (Å²) < 4.78 is 11.4. The van der Waals surface area contributed by atoms with Crippen molar-refractivity contribution >= 4 is 39.1 Å². The van der Waals surface area contributed by atoms with Crippen LogP contribution in [0.4, 0.5) is 0 Å². The van der Waals surface area contributed by atoms with Crippen LogP contribution in [0.15, 0.2) is 18.2 Å². The van der Waals surface area contributed by atoms with Gasteiger partial charge in [-0.2, -0.15) is 0 Å². The van der Waals surface area contributed by atoms with Gasteiger partial charge in [0.1, 0.15) is 6.10 Å². The molecular weight excluding hydrogens is 331 g/mol. The van der Waals surface area contributed by atoms with Crippen LogP contribution in [0.5, 0.6) is 0 Å². The Kier molecular flexibility index (Phi) is 4.34. The molecule has 0 spiro atoms. The predicted octanol–water partition coefficient (Wildman–Crippen LogP) is 2.95. The number of ether oxygens (including phenoxy) is 2. The summed E-state index contributed by atoms with van der Waals surface area (Å²) in [6.45, 7) is 0.251. The lowest BCUT2D eigenvalue weighted by Crippen LogP contribution is -2.31. The Morgan fingerprint density at radius 3 is 2.76 bits per heavy atom. The molecule has 1 aliphatic heterocycles. The molecule has 2 unspecified atom stereocenters. The minimum absolute atomic E-state index is 0.0834. The second-order valence-corrected chi connectivity index (χ2v) is 5.15. The highest BCUT2D eigenvalue weighted by Crippen LogP contribution is 2.40. The molecule has 2 atom stereocenters. The Balaban J connectivity index is 2.35. The minimum atomic E-state index is -0.949. The zero-order chi connectivity index (χ0) is 12.5. The van der Waals surface area contributed by atoms with E-state index in [4.69, 9.17) is 37.8 Å². The first-order valence-corrected chi connectivity index (χ1v) is 6.93. The molecule has 1 fully saturated rings. The van der Waals surface area contributed by atoms with Crippen LogP contribution in [0.3, 0.4) is 0 Å². The number of aliphatic hydroxyl groups excluding tert-OH is 1. The van der Waals surface area contributed by atoms with Crippen molar-refractivity contribution in [2.75, 3.05) is 18.5 Å². The Morgan fingerprint density at radius 1 is 1.47 bits per heavy atom. The number of hydrogen-bond donors (Lipinski definition) is 1. The van der Waals surface area contributed by atoms with Crippen LogP contribution in [0.25, 0.3) is 0 Å². The van der Waals surface area contributed by atoms with Gasteiger partial charge < -0.3 is 14.6 Å². The summed E-state index contributed by atoms with van der Waals surface area (Å²) >= 11 is 15.3. The number of rotatable bonds is 3. The van der Waals surface area contributed by atoms with E-state index >= 15 is 0 Å². The van der Waals surface area contributed by atoms with E-state index in [-0.39, 0.29) is 12.7 Å². The molecule has 1 aromatic carbocycles. The molecule has 1 N–H and O–H groups in total. The normalized spacial score (nSPS) is 28.6. The van der Waals surface area contributed by atoms with E-state index in [1.165, 1.54) is 0 Å². The first kappa shape index (κ1) is 13.6. The summed E-state index contributed by atoms with van der Waals surface area (Å²) in [5, 5.41) is 10.5. The monoisotopic (exact) mass is 340 g/mol. The summed E-state index contributed by atoms with van der Waals surface area (Å²) in [5.74, 6) is -0.949. The zero-order valence-electron chi connectivity index (χ0n) is 8.83. The maximum absolute atomic E-state index is 9.08. The van der Waals surface area contributed by atoms with Crippen LogP contribution in [-0.4, -0.2) is 29.8 Å². The van der Waals surface area contributed by atoms with Crippen molar-refractivity contribution in [1.29, 1.82) is 0 Å². The van der Waals surface area contributed by atoms with E-state index < -0.39 is 5.79 Å². The van der Waals surface area contributed by atoms with Gasteiger partial charge >= 0.3 is 0 Å². The van der Waals surface area contributed by atoms with Crippen LogP contribution >= 0.6 is 39.1 Å². The Bertz CT molecular complexity index is 416.